The number of esters is 1. The van der Waals surface area contributed by atoms with E-state index in [9.17, 15) is 9.59 Å². The Morgan fingerprint density at radius 1 is 1.00 bits per heavy atom. The van der Waals surface area contributed by atoms with E-state index in [2.05, 4.69) is 25.3 Å². The molecule has 7 nitrogen and oxygen atoms in total. The van der Waals surface area contributed by atoms with E-state index in [1.165, 1.54) is 19.5 Å². The van der Waals surface area contributed by atoms with E-state index in [1.807, 2.05) is 20.8 Å². The third-order valence-corrected chi connectivity index (χ3v) is 2.96. The minimum Gasteiger partial charge on any atom is -0.465 e. The predicted octanol–water partition coefficient (Wildman–Crippen LogP) is 2.73. The number of rotatable bonds is 4. The van der Waals surface area contributed by atoms with Gasteiger partial charge in [-0.2, -0.15) is 0 Å². The third-order valence-electron chi connectivity index (χ3n) is 2.96. The van der Waals surface area contributed by atoms with Crippen molar-refractivity contribution in [2.24, 2.45) is 0 Å². The van der Waals surface area contributed by atoms with Gasteiger partial charge in [-0.25, -0.2) is 14.8 Å². The number of methoxy groups -OCH3 is 1. The molecule has 2 rings (SSSR count). The first-order valence-corrected chi connectivity index (χ1v) is 7.38. The zero-order chi connectivity index (χ0) is 17.7. The number of anilines is 2. The summed E-state index contributed by atoms with van der Waals surface area (Å²) in [5, 5.41) is 5.84. The van der Waals surface area contributed by atoms with Crippen LogP contribution in [0.5, 0.6) is 0 Å². The lowest BCUT2D eigenvalue weighted by Crippen LogP contribution is -2.27. The Labute approximate surface area is 140 Å². The summed E-state index contributed by atoms with van der Waals surface area (Å²) in [7, 11) is 1.32. The summed E-state index contributed by atoms with van der Waals surface area (Å²) in [6.45, 7) is 5.99. The maximum absolute atomic E-state index is 12.2. The summed E-state index contributed by atoms with van der Waals surface area (Å²) >= 11 is 0. The fraction of sp³-hybridized carbons (Fsp3) is 0.294. The number of hydrogen-bond donors (Lipinski definition) is 2. The Kier molecular flexibility index (Phi) is 5.13. The molecule has 1 aromatic carbocycles. The number of nitrogens with zero attached hydrogens (tertiary/aromatic N) is 2. The molecule has 0 saturated carbocycles. The molecule has 7 heteroatoms. The van der Waals surface area contributed by atoms with Gasteiger partial charge in [0, 0.05) is 23.6 Å². The van der Waals surface area contributed by atoms with Gasteiger partial charge in [-0.1, -0.05) is 0 Å². The van der Waals surface area contributed by atoms with Crippen molar-refractivity contribution < 1.29 is 14.3 Å². The highest BCUT2D eigenvalue weighted by atomic mass is 16.5. The SMILES string of the molecule is COC(=O)c1ccc(NC(=O)c2cnc(NC(C)(C)C)nc2)cc1. The minimum absolute atomic E-state index is 0.162. The Morgan fingerprint density at radius 3 is 2.08 bits per heavy atom. The van der Waals surface area contributed by atoms with Gasteiger partial charge in [0.2, 0.25) is 5.95 Å². The molecule has 0 aliphatic heterocycles. The molecule has 1 aromatic heterocycles. The van der Waals surface area contributed by atoms with Gasteiger partial charge in [-0.3, -0.25) is 4.79 Å². The highest BCUT2D eigenvalue weighted by Crippen LogP contribution is 2.13. The summed E-state index contributed by atoms with van der Waals surface area (Å²) in [5.74, 6) is -0.298. The second-order valence-corrected chi connectivity index (χ2v) is 6.19. The zero-order valence-electron chi connectivity index (χ0n) is 14.1. The number of benzene rings is 1. The monoisotopic (exact) mass is 328 g/mol. The van der Waals surface area contributed by atoms with Crippen molar-refractivity contribution in [1.82, 2.24) is 9.97 Å². The maximum Gasteiger partial charge on any atom is 0.337 e. The molecule has 1 heterocycles. The number of carbonyl (C=O) groups excluding carboxylic acids is 2. The number of ether oxygens (including phenoxy) is 1. The third kappa shape index (κ3) is 4.77. The van der Waals surface area contributed by atoms with Crippen molar-refractivity contribution in [2.45, 2.75) is 26.3 Å². The van der Waals surface area contributed by atoms with E-state index in [-0.39, 0.29) is 11.4 Å². The van der Waals surface area contributed by atoms with Crippen LogP contribution in [0.2, 0.25) is 0 Å². The van der Waals surface area contributed by atoms with Crippen LogP contribution in [0.25, 0.3) is 0 Å². The largest absolute Gasteiger partial charge is 0.465 e. The van der Waals surface area contributed by atoms with Crippen molar-refractivity contribution in [3.8, 4) is 0 Å². The van der Waals surface area contributed by atoms with Crippen LogP contribution in [0.4, 0.5) is 11.6 Å². The molecule has 2 aromatic rings. The van der Waals surface area contributed by atoms with E-state index in [4.69, 9.17) is 0 Å². The maximum atomic E-state index is 12.2. The molecule has 0 aliphatic rings. The first kappa shape index (κ1) is 17.4. The molecular weight excluding hydrogens is 308 g/mol. The molecule has 24 heavy (non-hydrogen) atoms. The Bertz CT molecular complexity index is 719. The van der Waals surface area contributed by atoms with Crippen molar-refractivity contribution in [1.29, 1.82) is 0 Å². The summed E-state index contributed by atoms with van der Waals surface area (Å²) in [6.07, 6.45) is 2.92. The number of aromatic nitrogens is 2. The predicted molar refractivity (Wildman–Crippen MR) is 91.1 cm³/mol. The minimum atomic E-state index is -0.428. The van der Waals surface area contributed by atoms with Gasteiger partial charge in [0.1, 0.15) is 0 Å². The van der Waals surface area contributed by atoms with Gasteiger partial charge in [-0.05, 0) is 45.0 Å². The van der Waals surface area contributed by atoms with Crippen molar-refractivity contribution in [2.75, 3.05) is 17.7 Å². The smallest absolute Gasteiger partial charge is 0.337 e. The van der Waals surface area contributed by atoms with Gasteiger partial charge < -0.3 is 15.4 Å². The zero-order valence-corrected chi connectivity index (χ0v) is 14.1. The van der Waals surface area contributed by atoms with Gasteiger partial charge in [0.25, 0.3) is 5.91 Å². The average Bonchev–Trinajstić information content (AvgIpc) is 2.54. The molecule has 0 spiro atoms. The fourth-order valence-corrected chi connectivity index (χ4v) is 1.86. The lowest BCUT2D eigenvalue weighted by molar-refractivity contribution is 0.0600. The summed E-state index contributed by atoms with van der Waals surface area (Å²) < 4.78 is 4.62. The summed E-state index contributed by atoms with van der Waals surface area (Å²) in [5.41, 5.74) is 1.15. The van der Waals surface area contributed by atoms with Crippen molar-refractivity contribution >= 4 is 23.5 Å². The van der Waals surface area contributed by atoms with Gasteiger partial charge in [0.15, 0.2) is 0 Å². The van der Waals surface area contributed by atoms with Gasteiger partial charge >= 0.3 is 5.97 Å². The molecular formula is C17H20N4O3. The van der Waals surface area contributed by atoms with Crippen LogP contribution in [0.3, 0.4) is 0 Å². The first-order valence-electron chi connectivity index (χ1n) is 7.38. The van der Waals surface area contributed by atoms with Crippen LogP contribution in [0, 0.1) is 0 Å². The second kappa shape index (κ2) is 7.08. The molecule has 2 N–H and O–H groups in total. The van der Waals surface area contributed by atoms with Crippen LogP contribution in [0.15, 0.2) is 36.7 Å². The average molecular weight is 328 g/mol. The van der Waals surface area contributed by atoms with Gasteiger partial charge in [-0.15, -0.1) is 0 Å². The number of nitrogens with one attached hydrogen (secondary N) is 2. The number of amides is 1. The highest BCUT2D eigenvalue weighted by molar-refractivity contribution is 6.04. The Hall–Kier alpha value is -2.96. The molecule has 0 bridgehead atoms. The lowest BCUT2D eigenvalue weighted by atomic mass is 10.1. The Balaban J connectivity index is 2.03. The van der Waals surface area contributed by atoms with E-state index in [0.29, 0.717) is 22.8 Å². The van der Waals surface area contributed by atoms with E-state index < -0.39 is 5.97 Å². The van der Waals surface area contributed by atoms with E-state index in [0.717, 1.165) is 0 Å². The highest BCUT2D eigenvalue weighted by Gasteiger charge is 2.13. The molecule has 0 aliphatic carbocycles. The van der Waals surface area contributed by atoms with E-state index >= 15 is 0 Å². The van der Waals surface area contributed by atoms with Crippen LogP contribution >= 0.6 is 0 Å². The molecule has 0 fully saturated rings. The fourth-order valence-electron chi connectivity index (χ4n) is 1.86. The number of carbonyl (C=O) groups is 2. The summed E-state index contributed by atoms with van der Waals surface area (Å²) in [6, 6.07) is 6.41. The van der Waals surface area contributed by atoms with Crippen LogP contribution in [0.1, 0.15) is 41.5 Å². The molecule has 126 valence electrons. The Morgan fingerprint density at radius 2 is 1.58 bits per heavy atom. The quantitative estimate of drug-likeness (QED) is 0.838. The standard InChI is InChI=1S/C17H20N4O3/c1-17(2,3)21-16-18-9-12(10-19-16)14(22)20-13-7-5-11(6-8-13)15(23)24-4/h5-10H,1-4H3,(H,20,22)(H,18,19,21). The molecule has 0 saturated heterocycles. The van der Waals surface area contributed by atoms with Crippen molar-refractivity contribution in [3.05, 3.63) is 47.8 Å². The van der Waals surface area contributed by atoms with Crippen LogP contribution in [-0.4, -0.2) is 34.5 Å². The second-order valence-electron chi connectivity index (χ2n) is 6.19. The van der Waals surface area contributed by atoms with Crippen molar-refractivity contribution in [3.63, 3.8) is 0 Å². The normalized spacial score (nSPS) is 10.8. The summed E-state index contributed by atoms with van der Waals surface area (Å²) in [4.78, 5) is 31.8. The molecule has 1 amide bonds. The lowest BCUT2D eigenvalue weighted by Gasteiger charge is -2.20. The van der Waals surface area contributed by atoms with Crippen LogP contribution in [-0.2, 0) is 4.74 Å². The van der Waals surface area contributed by atoms with E-state index in [1.54, 1.807) is 24.3 Å². The van der Waals surface area contributed by atoms with Gasteiger partial charge in [0.05, 0.1) is 18.2 Å². The first-order chi connectivity index (χ1) is 11.3. The molecule has 0 unspecified atom stereocenters. The number of hydrogen-bond acceptors (Lipinski definition) is 6. The topological polar surface area (TPSA) is 93.2 Å². The van der Waals surface area contributed by atoms with Crippen LogP contribution < -0.4 is 10.6 Å². The molecule has 0 radical (unpaired) electrons. The molecule has 0 atom stereocenters.